The molecule has 0 saturated heterocycles. The van der Waals surface area contributed by atoms with Gasteiger partial charge in [-0.2, -0.15) is 0 Å². The van der Waals surface area contributed by atoms with Gasteiger partial charge >= 0.3 is 6.09 Å². The number of ether oxygens (including phenoxy) is 1. The van der Waals surface area contributed by atoms with Crippen LogP contribution in [0.25, 0.3) is 11.4 Å². The number of carbonyl (C=O) groups excluding carboxylic acids is 1. The van der Waals surface area contributed by atoms with Crippen LogP contribution >= 0.6 is 11.6 Å². The zero-order chi connectivity index (χ0) is 16.3. The van der Waals surface area contributed by atoms with Crippen LogP contribution < -0.4 is 10.9 Å². The van der Waals surface area contributed by atoms with Crippen LogP contribution in [0.3, 0.4) is 0 Å². The Morgan fingerprint density at radius 2 is 2.09 bits per heavy atom. The molecule has 0 aliphatic carbocycles. The fraction of sp³-hybridized carbons (Fsp3) is 0.267. The molecular formula is C15H16ClN3O3. The lowest BCUT2D eigenvalue weighted by Gasteiger charge is -2.19. The number of H-pyrrole nitrogens is 1. The second-order valence-electron chi connectivity index (χ2n) is 5.61. The van der Waals surface area contributed by atoms with Gasteiger partial charge < -0.3 is 9.72 Å². The van der Waals surface area contributed by atoms with Crippen molar-refractivity contribution in [2.75, 3.05) is 5.32 Å². The topological polar surface area (TPSA) is 84.1 Å². The molecule has 2 aromatic rings. The van der Waals surface area contributed by atoms with E-state index in [0.717, 1.165) is 0 Å². The van der Waals surface area contributed by atoms with E-state index in [0.29, 0.717) is 16.4 Å². The van der Waals surface area contributed by atoms with Gasteiger partial charge in [0.15, 0.2) is 0 Å². The maximum Gasteiger partial charge on any atom is 0.412 e. The van der Waals surface area contributed by atoms with Crippen LogP contribution in [-0.2, 0) is 4.74 Å². The van der Waals surface area contributed by atoms with Crippen molar-refractivity contribution < 1.29 is 9.53 Å². The first kappa shape index (κ1) is 16.0. The van der Waals surface area contributed by atoms with Crippen molar-refractivity contribution in [2.45, 2.75) is 26.4 Å². The molecule has 2 N–H and O–H groups in total. The van der Waals surface area contributed by atoms with E-state index >= 15 is 0 Å². The molecule has 0 fully saturated rings. The zero-order valence-electron chi connectivity index (χ0n) is 12.4. The molecule has 0 saturated carbocycles. The molecule has 1 aromatic carbocycles. The molecule has 0 atom stereocenters. The number of anilines is 1. The summed E-state index contributed by atoms with van der Waals surface area (Å²) < 4.78 is 5.08. The van der Waals surface area contributed by atoms with Gasteiger partial charge in [0.1, 0.15) is 17.1 Å². The normalized spacial score (nSPS) is 11.1. The van der Waals surface area contributed by atoms with Crippen molar-refractivity contribution in [3.05, 3.63) is 45.8 Å². The van der Waals surface area contributed by atoms with Crippen LogP contribution in [0.1, 0.15) is 20.8 Å². The molecular weight excluding hydrogens is 306 g/mol. The summed E-state index contributed by atoms with van der Waals surface area (Å²) in [7, 11) is 0. The molecule has 0 aliphatic rings. The molecule has 0 aliphatic heterocycles. The van der Waals surface area contributed by atoms with Crippen LogP contribution in [0.15, 0.2) is 35.3 Å². The van der Waals surface area contributed by atoms with Crippen molar-refractivity contribution >= 4 is 23.4 Å². The molecule has 1 amide bonds. The molecule has 0 bridgehead atoms. The number of aromatic nitrogens is 2. The molecule has 0 spiro atoms. The Morgan fingerprint density at radius 1 is 1.36 bits per heavy atom. The summed E-state index contributed by atoms with van der Waals surface area (Å²) in [5.41, 5.74) is -0.436. The van der Waals surface area contributed by atoms with Crippen LogP contribution in [0, 0.1) is 0 Å². The average molecular weight is 322 g/mol. The van der Waals surface area contributed by atoms with Gasteiger partial charge in [-0.3, -0.25) is 10.1 Å². The predicted octanol–water partition coefficient (Wildman–Crippen LogP) is 3.44. The van der Waals surface area contributed by atoms with Crippen molar-refractivity contribution in [3.8, 4) is 11.4 Å². The van der Waals surface area contributed by atoms with Crippen molar-refractivity contribution in [2.24, 2.45) is 0 Å². The predicted molar refractivity (Wildman–Crippen MR) is 85.2 cm³/mol. The lowest BCUT2D eigenvalue weighted by atomic mass is 10.2. The lowest BCUT2D eigenvalue weighted by Crippen LogP contribution is -2.29. The highest BCUT2D eigenvalue weighted by Crippen LogP contribution is 2.18. The number of aromatic amines is 1. The summed E-state index contributed by atoms with van der Waals surface area (Å²) in [6, 6.07) is 6.93. The van der Waals surface area contributed by atoms with Gasteiger partial charge in [0.05, 0.1) is 6.20 Å². The third kappa shape index (κ3) is 4.33. The highest BCUT2D eigenvalue weighted by Gasteiger charge is 2.17. The smallest absolute Gasteiger partial charge is 0.412 e. The van der Waals surface area contributed by atoms with Crippen molar-refractivity contribution in [1.82, 2.24) is 9.97 Å². The third-order valence-corrected chi connectivity index (χ3v) is 2.77. The van der Waals surface area contributed by atoms with Crippen LogP contribution in [0.5, 0.6) is 0 Å². The fourth-order valence-electron chi connectivity index (χ4n) is 1.68. The molecule has 1 aromatic heterocycles. The third-order valence-electron chi connectivity index (χ3n) is 2.53. The minimum atomic E-state index is -0.713. The fourth-order valence-corrected chi connectivity index (χ4v) is 1.87. The highest BCUT2D eigenvalue weighted by molar-refractivity contribution is 6.30. The number of amides is 1. The molecule has 6 nitrogen and oxygen atoms in total. The number of hydrogen-bond donors (Lipinski definition) is 2. The van der Waals surface area contributed by atoms with Gasteiger partial charge in [-0.25, -0.2) is 9.78 Å². The second kappa shape index (κ2) is 6.19. The van der Waals surface area contributed by atoms with E-state index in [1.807, 2.05) is 0 Å². The van der Waals surface area contributed by atoms with Crippen LogP contribution in [-0.4, -0.2) is 21.7 Å². The summed E-state index contributed by atoms with van der Waals surface area (Å²) >= 11 is 5.90. The van der Waals surface area contributed by atoms with E-state index < -0.39 is 17.3 Å². The van der Waals surface area contributed by atoms with Crippen molar-refractivity contribution in [1.29, 1.82) is 0 Å². The van der Waals surface area contributed by atoms with Crippen molar-refractivity contribution in [3.63, 3.8) is 0 Å². The van der Waals surface area contributed by atoms with Gasteiger partial charge in [0, 0.05) is 10.6 Å². The number of hydrogen-bond acceptors (Lipinski definition) is 4. The standard InChI is InChI=1S/C15H16ClN3O3/c1-15(2,3)22-14(21)18-11-8-17-12(19-13(11)20)9-5-4-6-10(16)7-9/h4-8H,1-3H3,(H,18,21)(H,17,19,20). The number of benzene rings is 1. The quantitative estimate of drug-likeness (QED) is 0.887. The van der Waals surface area contributed by atoms with E-state index in [2.05, 4.69) is 15.3 Å². The minimum Gasteiger partial charge on any atom is -0.444 e. The van der Waals surface area contributed by atoms with E-state index in [1.54, 1.807) is 45.0 Å². The van der Waals surface area contributed by atoms with E-state index in [4.69, 9.17) is 16.3 Å². The highest BCUT2D eigenvalue weighted by atomic mass is 35.5. The summed E-state index contributed by atoms with van der Waals surface area (Å²) in [6.45, 7) is 5.20. The Hall–Kier alpha value is -2.34. The summed E-state index contributed by atoms with van der Waals surface area (Å²) in [4.78, 5) is 30.4. The van der Waals surface area contributed by atoms with Gasteiger partial charge in [-0.05, 0) is 32.9 Å². The minimum absolute atomic E-state index is 0.0139. The maximum absolute atomic E-state index is 12.0. The number of nitrogens with one attached hydrogen (secondary N) is 2. The lowest BCUT2D eigenvalue weighted by molar-refractivity contribution is 0.0635. The van der Waals surface area contributed by atoms with E-state index in [9.17, 15) is 9.59 Å². The average Bonchev–Trinajstić information content (AvgIpc) is 2.39. The maximum atomic E-state index is 12.0. The molecule has 0 radical (unpaired) electrons. The van der Waals surface area contributed by atoms with E-state index in [-0.39, 0.29) is 5.69 Å². The SMILES string of the molecule is CC(C)(C)OC(=O)Nc1cnc(-c2cccc(Cl)c2)[nH]c1=O. The Kier molecular flexibility index (Phi) is 4.51. The first-order chi connectivity index (χ1) is 10.2. The summed E-state index contributed by atoms with van der Waals surface area (Å²) in [6.07, 6.45) is 0.564. The Labute approximate surface area is 132 Å². The Morgan fingerprint density at radius 3 is 2.68 bits per heavy atom. The van der Waals surface area contributed by atoms with Gasteiger partial charge in [-0.15, -0.1) is 0 Å². The molecule has 7 heteroatoms. The number of carbonyl (C=O) groups is 1. The second-order valence-corrected chi connectivity index (χ2v) is 6.05. The number of halogens is 1. The van der Waals surface area contributed by atoms with Crippen LogP contribution in [0.4, 0.5) is 10.5 Å². The molecule has 0 unspecified atom stereocenters. The molecule has 116 valence electrons. The first-order valence-electron chi connectivity index (χ1n) is 6.60. The van der Waals surface area contributed by atoms with E-state index in [1.165, 1.54) is 6.20 Å². The van der Waals surface area contributed by atoms with Gasteiger partial charge in [0.25, 0.3) is 5.56 Å². The first-order valence-corrected chi connectivity index (χ1v) is 6.98. The van der Waals surface area contributed by atoms with Gasteiger partial charge in [0.2, 0.25) is 0 Å². The molecule has 22 heavy (non-hydrogen) atoms. The molecule has 1 heterocycles. The summed E-state index contributed by atoms with van der Waals surface area (Å²) in [5, 5.41) is 2.90. The van der Waals surface area contributed by atoms with Gasteiger partial charge in [-0.1, -0.05) is 23.7 Å². The number of rotatable bonds is 2. The largest absolute Gasteiger partial charge is 0.444 e. The molecule has 2 rings (SSSR count). The monoisotopic (exact) mass is 321 g/mol. The zero-order valence-corrected chi connectivity index (χ0v) is 13.2. The Bertz CT molecular complexity index is 750. The number of nitrogens with zero attached hydrogens (tertiary/aromatic N) is 1. The summed E-state index contributed by atoms with van der Waals surface area (Å²) in [5.74, 6) is 0.363. The van der Waals surface area contributed by atoms with Crippen LogP contribution in [0.2, 0.25) is 5.02 Å². The Balaban J connectivity index is 2.20.